The van der Waals surface area contributed by atoms with E-state index in [0.717, 1.165) is 10.9 Å². The molecule has 20 heavy (non-hydrogen) atoms. The van der Waals surface area contributed by atoms with Crippen LogP contribution in [0, 0.1) is 0 Å². The van der Waals surface area contributed by atoms with Crippen molar-refractivity contribution in [2.75, 3.05) is 11.3 Å². The minimum atomic E-state index is -4.71. The van der Waals surface area contributed by atoms with Gasteiger partial charge in [-0.3, -0.25) is 9.40 Å². The zero-order valence-corrected chi connectivity index (χ0v) is 11.8. The first-order valence-electron chi connectivity index (χ1n) is 6.01. The smallest absolute Gasteiger partial charge is 0.273 e. The lowest BCUT2D eigenvalue weighted by Gasteiger charge is -2.21. The Morgan fingerprint density at radius 3 is 2.60 bits per heavy atom. The summed E-state index contributed by atoms with van der Waals surface area (Å²) in [5, 5.41) is 3.26. The van der Waals surface area contributed by atoms with Crippen molar-refractivity contribution in [2.45, 2.75) is 32.0 Å². The maximum atomic E-state index is 12.8. The lowest BCUT2D eigenvalue weighted by Crippen LogP contribution is -2.38. The van der Waals surface area contributed by atoms with E-state index >= 15 is 0 Å². The van der Waals surface area contributed by atoms with Crippen molar-refractivity contribution in [3.05, 3.63) is 11.9 Å². The average Bonchev–Trinajstić information content (AvgIpc) is 2.83. The minimum absolute atomic E-state index is 0.224. The number of anilines is 1. The molecule has 0 bridgehead atoms. The van der Waals surface area contributed by atoms with E-state index in [1.165, 1.54) is 11.4 Å². The monoisotopic (exact) mass is 312 g/mol. The molecule has 0 aliphatic carbocycles. The van der Waals surface area contributed by atoms with Crippen LogP contribution in [0.5, 0.6) is 0 Å². The van der Waals surface area contributed by atoms with E-state index in [1.807, 2.05) is 4.72 Å². The Hall–Kier alpha value is -1.29. The van der Waals surface area contributed by atoms with Crippen LogP contribution in [0.1, 0.15) is 25.5 Å². The Morgan fingerprint density at radius 2 is 2.10 bits per heavy atom. The van der Waals surface area contributed by atoms with Crippen LogP contribution in [0.4, 0.5) is 18.9 Å². The Labute approximate surface area is 114 Å². The molecule has 1 atom stereocenters. The molecule has 114 valence electrons. The molecular weight excluding hydrogens is 297 g/mol. The van der Waals surface area contributed by atoms with Crippen LogP contribution in [0.15, 0.2) is 6.20 Å². The SMILES string of the molecule is CC1CCCN1S(=O)(=O)Nc1cn(C)nc1C(F)(F)F. The van der Waals surface area contributed by atoms with Crippen LogP contribution in [0.25, 0.3) is 0 Å². The Kier molecular flexibility index (Phi) is 3.71. The molecule has 0 aromatic carbocycles. The molecule has 2 heterocycles. The van der Waals surface area contributed by atoms with Crippen LogP contribution in [-0.2, 0) is 23.4 Å². The molecule has 0 radical (unpaired) electrons. The summed E-state index contributed by atoms with van der Waals surface area (Å²) in [6, 6.07) is -0.224. The van der Waals surface area contributed by atoms with Gasteiger partial charge in [0.1, 0.15) is 5.69 Å². The van der Waals surface area contributed by atoms with Gasteiger partial charge in [-0.15, -0.1) is 0 Å². The molecule has 0 amide bonds. The summed E-state index contributed by atoms with van der Waals surface area (Å²) in [5.41, 5.74) is -1.80. The number of aromatic nitrogens is 2. The normalized spacial score (nSPS) is 21.4. The second-order valence-corrected chi connectivity index (χ2v) is 6.40. The third kappa shape index (κ3) is 2.90. The van der Waals surface area contributed by atoms with Gasteiger partial charge in [0, 0.05) is 25.8 Å². The number of nitrogens with zero attached hydrogens (tertiary/aromatic N) is 3. The van der Waals surface area contributed by atoms with Crippen LogP contribution >= 0.6 is 0 Å². The van der Waals surface area contributed by atoms with E-state index in [2.05, 4.69) is 5.10 Å². The van der Waals surface area contributed by atoms with Gasteiger partial charge in [-0.05, 0) is 19.8 Å². The molecule has 0 spiro atoms. The predicted molar refractivity (Wildman–Crippen MR) is 66.2 cm³/mol. The summed E-state index contributed by atoms with van der Waals surface area (Å²) in [4.78, 5) is 0. The molecule has 2 rings (SSSR count). The van der Waals surface area contributed by atoms with Crippen LogP contribution in [0.3, 0.4) is 0 Å². The molecule has 1 aliphatic rings. The quantitative estimate of drug-likeness (QED) is 0.921. The molecule has 1 unspecified atom stereocenters. The van der Waals surface area contributed by atoms with Gasteiger partial charge in [0.05, 0.1) is 0 Å². The highest BCUT2D eigenvalue weighted by molar-refractivity contribution is 7.90. The molecule has 1 fully saturated rings. The summed E-state index contributed by atoms with van der Waals surface area (Å²) in [5.74, 6) is 0. The molecule has 10 heteroatoms. The van der Waals surface area contributed by atoms with Gasteiger partial charge < -0.3 is 0 Å². The largest absolute Gasteiger partial charge is 0.437 e. The number of halogens is 3. The molecule has 1 saturated heterocycles. The van der Waals surface area contributed by atoms with Gasteiger partial charge in [0.2, 0.25) is 0 Å². The number of nitrogens with one attached hydrogen (secondary N) is 1. The van der Waals surface area contributed by atoms with Crippen LogP contribution in [-0.4, -0.2) is 35.1 Å². The summed E-state index contributed by atoms with van der Waals surface area (Å²) < 4.78 is 66.6. The van der Waals surface area contributed by atoms with Crippen molar-refractivity contribution in [1.29, 1.82) is 0 Å². The van der Waals surface area contributed by atoms with Gasteiger partial charge in [0.25, 0.3) is 0 Å². The maximum absolute atomic E-state index is 12.8. The summed E-state index contributed by atoms with van der Waals surface area (Å²) in [6.45, 7) is 2.03. The standard InChI is InChI=1S/C10H15F3N4O2S/c1-7-4-3-5-17(7)20(18,19)15-8-6-16(2)14-9(8)10(11,12)13/h6-7,15H,3-5H2,1-2H3. The lowest BCUT2D eigenvalue weighted by molar-refractivity contribution is -0.140. The Balaban J connectivity index is 2.30. The first-order valence-corrected chi connectivity index (χ1v) is 7.45. The van der Waals surface area contributed by atoms with Crippen LogP contribution < -0.4 is 4.72 Å². The number of hydrogen-bond acceptors (Lipinski definition) is 3. The van der Waals surface area contributed by atoms with Crippen molar-refractivity contribution >= 4 is 15.9 Å². The molecule has 0 saturated carbocycles. The second kappa shape index (κ2) is 4.92. The van der Waals surface area contributed by atoms with Crippen molar-refractivity contribution < 1.29 is 21.6 Å². The number of alkyl halides is 3. The van der Waals surface area contributed by atoms with E-state index in [-0.39, 0.29) is 6.04 Å². The fourth-order valence-electron chi connectivity index (χ4n) is 2.23. The lowest BCUT2D eigenvalue weighted by atomic mass is 10.3. The van der Waals surface area contributed by atoms with Gasteiger partial charge in [-0.25, -0.2) is 0 Å². The Morgan fingerprint density at radius 1 is 1.45 bits per heavy atom. The highest BCUT2D eigenvalue weighted by Gasteiger charge is 2.39. The van der Waals surface area contributed by atoms with E-state index in [1.54, 1.807) is 6.92 Å². The zero-order chi connectivity index (χ0) is 15.1. The predicted octanol–water partition coefficient (Wildman–Crippen LogP) is 1.58. The van der Waals surface area contributed by atoms with E-state index < -0.39 is 27.8 Å². The minimum Gasteiger partial charge on any atom is -0.273 e. The summed E-state index contributed by atoms with van der Waals surface area (Å²) in [7, 11) is -2.70. The number of hydrogen-bond donors (Lipinski definition) is 1. The summed E-state index contributed by atoms with van der Waals surface area (Å²) in [6.07, 6.45) is -2.32. The van der Waals surface area contributed by atoms with E-state index in [9.17, 15) is 21.6 Å². The first kappa shape index (κ1) is 15.1. The van der Waals surface area contributed by atoms with Gasteiger partial charge in [-0.2, -0.15) is 31.0 Å². The topological polar surface area (TPSA) is 67.2 Å². The molecule has 1 aromatic heterocycles. The van der Waals surface area contributed by atoms with Gasteiger partial charge in [0.15, 0.2) is 5.69 Å². The number of aryl methyl sites for hydroxylation is 1. The highest BCUT2D eigenvalue weighted by atomic mass is 32.2. The first-order chi connectivity index (χ1) is 9.11. The fourth-order valence-corrected chi connectivity index (χ4v) is 3.73. The molecule has 1 N–H and O–H groups in total. The summed E-state index contributed by atoms with van der Waals surface area (Å²) >= 11 is 0. The molecular formula is C10H15F3N4O2S. The van der Waals surface area contributed by atoms with Crippen molar-refractivity contribution in [1.82, 2.24) is 14.1 Å². The van der Waals surface area contributed by atoms with Crippen LogP contribution in [0.2, 0.25) is 0 Å². The van der Waals surface area contributed by atoms with Gasteiger partial charge >= 0.3 is 16.4 Å². The van der Waals surface area contributed by atoms with E-state index in [0.29, 0.717) is 19.4 Å². The Bertz CT molecular complexity index is 596. The molecule has 1 aliphatic heterocycles. The molecule has 6 nitrogen and oxygen atoms in total. The highest BCUT2D eigenvalue weighted by Crippen LogP contribution is 2.34. The third-order valence-corrected chi connectivity index (χ3v) is 4.77. The van der Waals surface area contributed by atoms with Crippen molar-refractivity contribution in [3.63, 3.8) is 0 Å². The van der Waals surface area contributed by atoms with Crippen molar-refractivity contribution in [2.24, 2.45) is 7.05 Å². The average molecular weight is 312 g/mol. The molecule has 1 aromatic rings. The van der Waals surface area contributed by atoms with Gasteiger partial charge in [-0.1, -0.05) is 0 Å². The fraction of sp³-hybridized carbons (Fsp3) is 0.700. The zero-order valence-electron chi connectivity index (χ0n) is 11.0. The third-order valence-electron chi connectivity index (χ3n) is 3.14. The van der Waals surface area contributed by atoms with E-state index in [4.69, 9.17) is 0 Å². The second-order valence-electron chi connectivity index (χ2n) is 4.77. The maximum Gasteiger partial charge on any atom is 0.437 e. The van der Waals surface area contributed by atoms with Crippen molar-refractivity contribution in [3.8, 4) is 0 Å². The number of rotatable bonds is 3.